The van der Waals surface area contributed by atoms with E-state index in [0.29, 0.717) is 12.6 Å². The van der Waals surface area contributed by atoms with Crippen molar-refractivity contribution in [3.8, 4) is 0 Å². The van der Waals surface area contributed by atoms with Gasteiger partial charge in [-0.1, -0.05) is 0 Å². The van der Waals surface area contributed by atoms with Crippen LogP contribution in [0.3, 0.4) is 0 Å². The minimum absolute atomic E-state index is 0.136. The summed E-state index contributed by atoms with van der Waals surface area (Å²) in [7, 11) is 0. The van der Waals surface area contributed by atoms with E-state index >= 15 is 0 Å². The number of pyridine rings is 1. The van der Waals surface area contributed by atoms with Gasteiger partial charge in [0.2, 0.25) is 0 Å². The van der Waals surface area contributed by atoms with Gasteiger partial charge in [0.15, 0.2) is 0 Å². The molecule has 0 aromatic carbocycles. The van der Waals surface area contributed by atoms with E-state index in [0.717, 1.165) is 18.4 Å². The molecule has 0 saturated carbocycles. The van der Waals surface area contributed by atoms with Crippen LogP contribution in [0.15, 0.2) is 18.5 Å². The fourth-order valence-corrected chi connectivity index (χ4v) is 1.95. The highest BCUT2D eigenvalue weighted by Crippen LogP contribution is 2.16. The zero-order valence-electron chi connectivity index (χ0n) is 10.7. The number of nitrogens with two attached hydrogens (primary N) is 1. The molecule has 2 unspecified atom stereocenters. The van der Waals surface area contributed by atoms with Gasteiger partial charge in [-0.25, -0.2) is 0 Å². The zero-order chi connectivity index (χ0) is 12.7. The van der Waals surface area contributed by atoms with Gasteiger partial charge in [0.1, 0.15) is 0 Å². The molecule has 0 fully saturated rings. The lowest BCUT2D eigenvalue weighted by Crippen LogP contribution is -2.35. The molecule has 4 N–H and O–H groups in total. The number of aromatic nitrogens is 1. The molecule has 4 heteroatoms. The van der Waals surface area contributed by atoms with Crippen molar-refractivity contribution in [2.75, 3.05) is 13.2 Å². The first-order valence-electron chi connectivity index (χ1n) is 6.16. The lowest BCUT2D eigenvalue weighted by Gasteiger charge is -2.23. The first-order chi connectivity index (χ1) is 8.19. The molecule has 0 aliphatic rings. The van der Waals surface area contributed by atoms with Crippen LogP contribution in [0.25, 0.3) is 0 Å². The van der Waals surface area contributed by atoms with E-state index in [4.69, 9.17) is 10.8 Å². The normalized spacial score (nSPS) is 14.6. The summed E-state index contributed by atoms with van der Waals surface area (Å²) in [6, 6.07) is 2.48. The van der Waals surface area contributed by atoms with Crippen LogP contribution in [0.2, 0.25) is 0 Å². The monoisotopic (exact) mass is 237 g/mol. The highest BCUT2D eigenvalue weighted by Gasteiger charge is 2.14. The Balaban J connectivity index is 2.62. The number of aliphatic hydroxyl groups is 1. The Bertz CT molecular complexity index is 330. The lowest BCUT2D eigenvalue weighted by molar-refractivity contribution is 0.274. The molecular formula is C13H23N3O. The maximum absolute atomic E-state index is 8.81. The third-order valence-corrected chi connectivity index (χ3v) is 2.97. The Kier molecular flexibility index (Phi) is 6.11. The number of nitrogens with zero attached hydrogens (tertiary/aromatic N) is 1. The van der Waals surface area contributed by atoms with Crippen LogP contribution in [-0.4, -0.2) is 29.3 Å². The van der Waals surface area contributed by atoms with Gasteiger partial charge in [0.25, 0.3) is 0 Å². The van der Waals surface area contributed by atoms with Crippen molar-refractivity contribution < 1.29 is 5.11 Å². The van der Waals surface area contributed by atoms with E-state index in [9.17, 15) is 0 Å². The summed E-state index contributed by atoms with van der Waals surface area (Å²) in [6.07, 6.45) is 5.43. The molecule has 0 aliphatic carbocycles. The molecule has 0 bridgehead atoms. The van der Waals surface area contributed by atoms with E-state index in [1.165, 1.54) is 5.56 Å². The van der Waals surface area contributed by atoms with Crippen molar-refractivity contribution in [1.82, 2.24) is 10.3 Å². The van der Waals surface area contributed by atoms with Crippen molar-refractivity contribution in [2.45, 2.75) is 38.8 Å². The average molecular weight is 237 g/mol. The van der Waals surface area contributed by atoms with Gasteiger partial charge in [-0.2, -0.15) is 0 Å². The number of nitrogens with one attached hydrogen (secondary N) is 1. The Labute approximate surface area is 103 Å². The largest absolute Gasteiger partial charge is 0.396 e. The second-order valence-corrected chi connectivity index (χ2v) is 4.45. The minimum Gasteiger partial charge on any atom is -0.396 e. The molecule has 0 spiro atoms. The van der Waals surface area contributed by atoms with Crippen LogP contribution in [-0.2, 0) is 0 Å². The topological polar surface area (TPSA) is 71.2 Å². The lowest BCUT2D eigenvalue weighted by atomic mass is 10.0. The predicted octanol–water partition coefficient (Wildman–Crippen LogP) is 1.14. The Morgan fingerprint density at radius 3 is 2.88 bits per heavy atom. The third-order valence-electron chi connectivity index (χ3n) is 2.97. The standard InChI is InChI=1S/C13H23N3O/c1-10-5-6-15-9-12(10)13(8-14)16-11(2)4-3-7-17/h5-6,9,11,13,16-17H,3-4,7-8,14H2,1-2H3. The molecule has 0 amide bonds. The fraction of sp³-hybridized carbons (Fsp3) is 0.615. The SMILES string of the molecule is Cc1ccncc1C(CN)NC(C)CCCO. The molecule has 4 nitrogen and oxygen atoms in total. The van der Waals surface area contributed by atoms with E-state index < -0.39 is 0 Å². The number of rotatable bonds is 7. The van der Waals surface area contributed by atoms with E-state index in [1.807, 2.05) is 12.3 Å². The molecule has 1 aromatic rings. The Morgan fingerprint density at radius 2 is 2.29 bits per heavy atom. The summed E-state index contributed by atoms with van der Waals surface area (Å²) in [5.74, 6) is 0. The van der Waals surface area contributed by atoms with Crippen molar-refractivity contribution >= 4 is 0 Å². The smallest absolute Gasteiger partial charge is 0.0464 e. The average Bonchev–Trinajstić information content (AvgIpc) is 2.34. The van der Waals surface area contributed by atoms with Crippen LogP contribution in [0.5, 0.6) is 0 Å². The van der Waals surface area contributed by atoms with Gasteiger partial charge in [-0.15, -0.1) is 0 Å². The summed E-state index contributed by atoms with van der Waals surface area (Å²) >= 11 is 0. The summed E-state index contributed by atoms with van der Waals surface area (Å²) < 4.78 is 0. The van der Waals surface area contributed by atoms with Crippen molar-refractivity contribution in [3.05, 3.63) is 29.6 Å². The van der Waals surface area contributed by atoms with Crippen molar-refractivity contribution in [3.63, 3.8) is 0 Å². The van der Waals surface area contributed by atoms with Gasteiger partial charge >= 0.3 is 0 Å². The molecule has 1 rings (SSSR count). The summed E-state index contributed by atoms with van der Waals surface area (Å²) in [5.41, 5.74) is 8.18. The van der Waals surface area contributed by atoms with Crippen LogP contribution >= 0.6 is 0 Å². The van der Waals surface area contributed by atoms with Crippen LogP contribution in [0, 0.1) is 6.92 Å². The maximum atomic E-state index is 8.81. The molecule has 0 saturated heterocycles. The molecule has 17 heavy (non-hydrogen) atoms. The van der Waals surface area contributed by atoms with E-state index in [2.05, 4.69) is 24.1 Å². The number of hydrogen-bond donors (Lipinski definition) is 3. The third kappa shape index (κ3) is 4.42. The zero-order valence-corrected chi connectivity index (χ0v) is 10.7. The van der Waals surface area contributed by atoms with Gasteiger partial charge < -0.3 is 16.2 Å². The Hall–Kier alpha value is -0.970. The van der Waals surface area contributed by atoms with Gasteiger partial charge in [-0.05, 0) is 43.9 Å². The van der Waals surface area contributed by atoms with Crippen LogP contribution in [0.1, 0.15) is 36.9 Å². The minimum atomic E-state index is 0.136. The van der Waals surface area contributed by atoms with Crippen LogP contribution in [0.4, 0.5) is 0 Å². The number of hydrogen-bond acceptors (Lipinski definition) is 4. The molecule has 1 aromatic heterocycles. The molecule has 96 valence electrons. The van der Waals surface area contributed by atoms with Crippen molar-refractivity contribution in [2.24, 2.45) is 5.73 Å². The van der Waals surface area contributed by atoms with E-state index in [1.54, 1.807) is 6.20 Å². The quantitative estimate of drug-likeness (QED) is 0.665. The first kappa shape index (κ1) is 14.1. The van der Waals surface area contributed by atoms with Gasteiger partial charge in [0.05, 0.1) is 0 Å². The molecule has 0 radical (unpaired) electrons. The highest BCUT2D eigenvalue weighted by atomic mass is 16.2. The second kappa shape index (κ2) is 7.37. The molecule has 0 aliphatic heterocycles. The number of aliphatic hydroxyl groups excluding tert-OH is 1. The highest BCUT2D eigenvalue weighted by molar-refractivity contribution is 5.25. The van der Waals surface area contributed by atoms with Gasteiger partial charge in [0, 0.05) is 37.6 Å². The Morgan fingerprint density at radius 1 is 1.53 bits per heavy atom. The molecule has 2 atom stereocenters. The second-order valence-electron chi connectivity index (χ2n) is 4.45. The maximum Gasteiger partial charge on any atom is 0.0464 e. The van der Waals surface area contributed by atoms with Crippen LogP contribution < -0.4 is 11.1 Å². The predicted molar refractivity (Wildman–Crippen MR) is 69.7 cm³/mol. The van der Waals surface area contributed by atoms with E-state index in [-0.39, 0.29) is 12.6 Å². The molecule has 1 heterocycles. The summed E-state index contributed by atoms with van der Waals surface area (Å²) in [5, 5.41) is 12.3. The fourth-order valence-electron chi connectivity index (χ4n) is 1.95. The summed E-state index contributed by atoms with van der Waals surface area (Å²) in [6.45, 7) is 4.98. The van der Waals surface area contributed by atoms with Gasteiger partial charge in [-0.3, -0.25) is 4.98 Å². The summed E-state index contributed by atoms with van der Waals surface area (Å²) in [4.78, 5) is 4.15. The van der Waals surface area contributed by atoms with Crippen molar-refractivity contribution in [1.29, 1.82) is 0 Å². The molecular weight excluding hydrogens is 214 g/mol. The first-order valence-corrected chi connectivity index (χ1v) is 6.16. The number of aryl methyl sites for hydroxylation is 1.